The van der Waals surface area contributed by atoms with Gasteiger partial charge >= 0.3 is 11.7 Å². The van der Waals surface area contributed by atoms with Crippen LogP contribution in [0.15, 0.2) is 29.4 Å². The van der Waals surface area contributed by atoms with Crippen LogP contribution in [0.5, 0.6) is 0 Å². The van der Waals surface area contributed by atoms with Crippen molar-refractivity contribution in [1.82, 2.24) is 0 Å². The number of benzene rings is 1. The van der Waals surface area contributed by atoms with Gasteiger partial charge in [0, 0.05) is 0 Å². The normalized spacial score (nSPS) is 27.0. The molecule has 0 fully saturated rings. The van der Waals surface area contributed by atoms with Crippen LogP contribution in [-0.2, 0) is 20.2 Å². The maximum absolute atomic E-state index is 11.6. The minimum atomic E-state index is -1.39. The highest BCUT2D eigenvalue weighted by Crippen LogP contribution is 2.41. The number of ether oxygens (including phenoxy) is 1. The quantitative estimate of drug-likeness (QED) is 0.657. The summed E-state index contributed by atoms with van der Waals surface area (Å²) in [4.78, 5) is 16.6. The van der Waals surface area contributed by atoms with E-state index in [9.17, 15) is 4.79 Å². The van der Waals surface area contributed by atoms with Crippen molar-refractivity contribution in [2.75, 3.05) is 5.32 Å². The van der Waals surface area contributed by atoms with Gasteiger partial charge in [-0.1, -0.05) is 17.3 Å². The van der Waals surface area contributed by atoms with Crippen molar-refractivity contribution in [3.8, 4) is 0 Å². The Balaban J connectivity index is 2.19. The molecule has 0 aliphatic carbocycles. The Hall–Kier alpha value is -2.04. The lowest BCUT2D eigenvalue weighted by molar-refractivity contribution is -0.178. The smallest absolute Gasteiger partial charge is 0.385 e. The fourth-order valence-corrected chi connectivity index (χ4v) is 1.63. The number of anilines is 1. The van der Waals surface area contributed by atoms with Gasteiger partial charge in [-0.15, -0.1) is 0 Å². The number of rotatable bonds is 0. The van der Waals surface area contributed by atoms with Gasteiger partial charge in [-0.2, -0.15) is 0 Å². The minimum absolute atomic E-state index is 0.351. The van der Waals surface area contributed by atoms with Crippen molar-refractivity contribution in [3.05, 3.63) is 29.8 Å². The number of carbonyl (C=O) groups excluding carboxylic acids is 1. The maximum atomic E-state index is 11.6. The standard InChI is InChI=1S/C9H6N2O3/c12-8-9(13-5-10-14-9)6-3-1-2-4-7(6)11-8/h1-5H,(H,11,12). The highest BCUT2D eigenvalue weighted by Gasteiger charge is 2.54. The van der Waals surface area contributed by atoms with Gasteiger partial charge in [0.2, 0.25) is 6.40 Å². The van der Waals surface area contributed by atoms with Crippen molar-refractivity contribution < 1.29 is 14.4 Å². The molecule has 0 bridgehead atoms. The van der Waals surface area contributed by atoms with Gasteiger partial charge in [-0.05, 0) is 12.1 Å². The summed E-state index contributed by atoms with van der Waals surface area (Å²) in [6.45, 7) is 0. The molecule has 1 amide bonds. The van der Waals surface area contributed by atoms with Crippen LogP contribution in [0.2, 0.25) is 0 Å². The van der Waals surface area contributed by atoms with Crippen molar-refractivity contribution in [3.63, 3.8) is 0 Å². The first-order chi connectivity index (χ1) is 6.83. The summed E-state index contributed by atoms with van der Waals surface area (Å²) >= 11 is 0. The molecule has 70 valence electrons. The Labute approximate surface area is 79.3 Å². The molecule has 2 heterocycles. The summed E-state index contributed by atoms with van der Waals surface area (Å²) in [5.41, 5.74) is 1.35. The number of hydrogen-bond donors (Lipinski definition) is 1. The van der Waals surface area contributed by atoms with Crippen LogP contribution >= 0.6 is 0 Å². The summed E-state index contributed by atoms with van der Waals surface area (Å²) in [7, 11) is 0. The number of amides is 1. The fourth-order valence-electron chi connectivity index (χ4n) is 1.63. The average molecular weight is 190 g/mol. The zero-order valence-electron chi connectivity index (χ0n) is 7.06. The highest BCUT2D eigenvalue weighted by molar-refractivity contribution is 6.04. The van der Waals surface area contributed by atoms with Gasteiger partial charge in [-0.3, -0.25) is 4.79 Å². The Kier molecular flexibility index (Phi) is 1.19. The second-order valence-corrected chi connectivity index (χ2v) is 3.04. The molecule has 3 rings (SSSR count). The van der Waals surface area contributed by atoms with Crippen LogP contribution in [0.4, 0.5) is 5.69 Å². The largest absolute Gasteiger partial charge is 0.425 e. The molecule has 1 N–H and O–H groups in total. The first-order valence-corrected chi connectivity index (χ1v) is 4.12. The van der Waals surface area contributed by atoms with E-state index >= 15 is 0 Å². The van der Waals surface area contributed by atoms with Crippen molar-refractivity contribution in [1.29, 1.82) is 0 Å². The van der Waals surface area contributed by atoms with Crippen LogP contribution in [-0.4, -0.2) is 12.3 Å². The molecule has 0 saturated carbocycles. The number of carbonyl (C=O) groups is 1. The fraction of sp³-hybridized carbons (Fsp3) is 0.111. The summed E-state index contributed by atoms with van der Waals surface area (Å²) in [6.07, 6.45) is 1.13. The molecule has 1 aromatic rings. The Bertz CT molecular complexity index is 433. The van der Waals surface area contributed by atoms with Crippen LogP contribution in [0.1, 0.15) is 5.56 Å². The van der Waals surface area contributed by atoms with E-state index in [1.807, 2.05) is 12.1 Å². The van der Waals surface area contributed by atoms with Crippen LogP contribution in [0.25, 0.3) is 0 Å². The molecule has 1 aromatic carbocycles. The van der Waals surface area contributed by atoms with E-state index in [1.54, 1.807) is 12.1 Å². The molecule has 14 heavy (non-hydrogen) atoms. The number of nitrogens with one attached hydrogen (secondary N) is 1. The molecule has 1 spiro atoms. The summed E-state index contributed by atoms with van der Waals surface area (Å²) in [6, 6.07) is 7.19. The molecule has 0 radical (unpaired) electrons. The number of hydrogen-bond acceptors (Lipinski definition) is 4. The molecular weight excluding hydrogens is 184 g/mol. The average Bonchev–Trinajstić information content (AvgIpc) is 2.77. The number of oxime groups is 1. The van der Waals surface area contributed by atoms with Crippen molar-refractivity contribution >= 4 is 18.0 Å². The molecule has 5 heteroatoms. The zero-order valence-corrected chi connectivity index (χ0v) is 7.06. The predicted molar refractivity (Wildman–Crippen MR) is 47.4 cm³/mol. The third kappa shape index (κ3) is 0.693. The molecule has 2 aliphatic rings. The van der Waals surface area contributed by atoms with E-state index in [0.29, 0.717) is 11.3 Å². The van der Waals surface area contributed by atoms with E-state index in [-0.39, 0.29) is 5.91 Å². The first kappa shape index (κ1) is 7.37. The lowest BCUT2D eigenvalue weighted by Gasteiger charge is -2.16. The SMILES string of the molecule is O=C1Nc2ccccc2C12OC=NO2. The number of para-hydroxylation sites is 1. The molecule has 5 nitrogen and oxygen atoms in total. The minimum Gasteiger partial charge on any atom is -0.425 e. The van der Waals surface area contributed by atoms with Gasteiger partial charge in [0.25, 0.3) is 0 Å². The molecular formula is C9H6N2O3. The molecule has 0 saturated heterocycles. The van der Waals surface area contributed by atoms with Crippen molar-refractivity contribution in [2.24, 2.45) is 5.16 Å². The van der Waals surface area contributed by atoms with E-state index in [1.165, 1.54) is 0 Å². The first-order valence-electron chi connectivity index (χ1n) is 4.12. The lowest BCUT2D eigenvalue weighted by Crippen LogP contribution is -2.35. The summed E-state index contributed by atoms with van der Waals surface area (Å²) in [5.74, 6) is -1.74. The van der Waals surface area contributed by atoms with Gasteiger partial charge in [0.05, 0.1) is 11.3 Å². The molecule has 1 unspecified atom stereocenters. The van der Waals surface area contributed by atoms with Crippen LogP contribution in [0, 0.1) is 0 Å². The van der Waals surface area contributed by atoms with Crippen LogP contribution in [0.3, 0.4) is 0 Å². The van der Waals surface area contributed by atoms with Gasteiger partial charge in [-0.25, -0.2) is 0 Å². The van der Waals surface area contributed by atoms with Gasteiger partial charge in [0.15, 0.2) is 0 Å². The Morgan fingerprint density at radius 1 is 1.36 bits per heavy atom. The number of nitrogens with zero attached hydrogens (tertiary/aromatic N) is 1. The second kappa shape index (κ2) is 2.25. The Morgan fingerprint density at radius 3 is 3.00 bits per heavy atom. The van der Waals surface area contributed by atoms with E-state index in [4.69, 9.17) is 9.57 Å². The third-order valence-corrected chi connectivity index (χ3v) is 2.27. The lowest BCUT2D eigenvalue weighted by atomic mass is 10.1. The maximum Gasteiger partial charge on any atom is 0.385 e. The zero-order chi connectivity index (χ0) is 9.60. The molecule has 0 aromatic heterocycles. The predicted octanol–water partition coefficient (Wildman–Crippen LogP) is 0.782. The van der Waals surface area contributed by atoms with E-state index in [2.05, 4.69) is 10.5 Å². The third-order valence-electron chi connectivity index (χ3n) is 2.27. The molecule has 2 aliphatic heterocycles. The highest BCUT2D eigenvalue weighted by atomic mass is 16.8. The topological polar surface area (TPSA) is 59.9 Å². The van der Waals surface area contributed by atoms with E-state index < -0.39 is 5.79 Å². The second-order valence-electron chi connectivity index (χ2n) is 3.04. The summed E-state index contributed by atoms with van der Waals surface area (Å²) < 4.78 is 5.11. The van der Waals surface area contributed by atoms with Crippen LogP contribution < -0.4 is 5.32 Å². The monoisotopic (exact) mass is 190 g/mol. The van der Waals surface area contributed by atoms with E-state index in [0.717, 1.165) is 6.40 Å². The Morgan fingerprint density at radius 2 is 2.21 bits per heavy atom. The summed E-state index contributed by atoms with van der Waals surface area (Å²) in [5, 5.41) is 6.12. The number of fused-ring (bicyclic) bond motifs is 2. The van der Waals surface area contributed by atoms with Gasteiger partial charge in [0.1, 0.15) is 0 Å². The molecule has 1 atom stereocenters. The van der Waals surface area contributed by atoms with Gasteiger partial charge < -0.3 is 14.9 Å². The van der Waals surface area contributed by atoms with Crippen molar-refractivity contribution in [2.45, 2.75) is 5.79 Å².